The maximum Gasteiger partial charge on any atom is 0.341 e. The molecule has 0 aliphatic carbocycles. The molecule has 0 atom stereocenters. The van der Waals surface area contributed by atoms with E-state index in [4.69, 9.17) is 19.6 Å². The summed E-state index contributed by atoms with van der Waals surface area (Å²) in [7, 11) is 0. The maximum atomic E-state index is 10.7. The molecule has 2 N–H and O–H groups in total. The molecule has 170 valence electrons. The average molecular weight is 441 g/mol. The minimum atomic E-state index is -1.03. The van der Waals surface area contributed by atoms with Crippen LogP contribution in [0.1, 0.15) is 24.8 Å². The fourth-order valence-electron chi connectivity index (χ4n) is 3.54. The molecule has 2 aromatic rings. The average Bonchev–Trinajstić information content (AvgIpc) is 2.84. The van der Waals surface area contributed by atoms with E-state index in [0.717, 1.165) is 44.6 Å². The van der Waals surface area contributed by atoms with Crippen LogP contribution in [0.15, 0.2) is 29.4 Å². The molecule has 0 saturated carbocycles. The largest absolute Gasteiger partial charge is 0.482 e. The van der Waals surface area contributed by atoms with Gasteiger partial charge in [-0.15, -0.1) is 0 Å². The Kier molecular flexibility index (Phi) is 7.28. The Hall–Kier alpha value is -3.47. The minimum absolute atomic E-state index is 0.372. The normalized spacial score (nSPS) is 16.9. The van der Waals surface area contributed by atoms with E-state index in [0.29, 0.717) is 36.8 Å². The standard InChI is InChI=1S/C21H27N7O4/c29-18(30)15-32-17-6-4-5-16(13-17)14-22-26-19-23-20(27-7-2-1-3-8-27)25-21(24-19)28-9-11-31-12-10-28/h4-6,13-14H,1-3,7-12,15H2,(H,29,30)(H,23,24,25,26)/b22-14-. The molecule has 11 nitrogen and oxygen atoms in total. The van der Waals surface area contributed by atoms with Gasteiger partial charge < -0.3 is 24.4 Å². The number of nitrogens with zero attached hydrogens (tertiary/aromatic N) is 6. The van der Waals surface area contributed by atoms with Crippen LogP contribution in [-0.4, -0.2) is 78.2 Å². The molecule has 2 saturated heterocycles. The van der Waals surface area contributed by atoms with Crippen molar-refractivity contribution in [3.05, 3.63) is 29.8 Å². The first-order valence-electron chi connectivity index (χ1n) is 10.7. The topological polar surface area (TPSA) is 125 Å². The summed E-state index contributed by atoms with van der Waals surface area (Å²) in [4.78, 5) is 28.8. The van der Waals surface area contributed by atoms with Crippen molar-refractivity contribution in [2.45, 2.75) is 19.3 Å². The van der Waals surface area contributed by atoms with Gasteiger partial charge in [-0.2, -0.15) is 20.1 Å². The van der Waals surface area contributed by atoms with Crippen LogP contribution in [0.2, 0.25) is 0 Å². The Balaban J connectivity index is 1.49. The molecule has 1 aromatic carbocycles. The zero-order valence-electron chi connectivity index (χ0n) is 17.8. The van der Waals surface area contributed by atoms with Crippen LogP contribution in [0, 0.1) is 0 Å². The molecule has 32 heavy (non-hydrogen) atoms. The summed E-state index contributed by atoms with van der Waals surface area (Å²) in [5, 5.41) is 13.0. The number of benzene rings is 1. The quantitative estimate of drug-likeness (QED) is 0.461. The van der Waals surface area contributed by atoms with Gasteiger partial charge >= 0.3 is 5.97 Å². The van der Waals surface area contributed by atoms with Gasteiger partial charge in [-0.05, 0) is 37.0 Å². The summed E-state index contributed by atoms with van der Waals surface area (Å²) < 4.78 is 10.6. The van der Waals surface area contributed by atoms with E-state index in [9.17, 15) is 4.79 Å². The summed E-state index contributed by atoms with van der Waals surface area (Å²) >= 11 is 0. The van der Waals surface area contributed by atoms with Gasteiger partial charge in [0, 0.05) is 26.2 Å². The van der Waals surface area contributed by atoms with Gasteiger partial charge in [0.15, 0.2) is 6.61 Å². The third-order valence-corrected chi connectivity index (χ3v) is 5.14. The lowest BCUT2D eigenvalue weighted by molar-refractivity contribution is -0.139. The number of aromatic nitrogens is 3. The number of carbonyl (C=O) groups is 1. The van der Waals surface area contributed by atoms with E-state index in [1.54, 1.807) is 24.4 Å². The molecule has 2 aliphatic heterocycles. The van der Waals surface area contributed by atoms with E-state index in [-0.39, 0.29) is 0 Å². The van der Waals surface area contributed by atoms with Crippen molar-refractivity contribution in [1.82, 2.24) is 15.0 Å². The van der Waals surface area contributed by atoms with Crippen LogP contribution in [0.4, 0.5) is 17.8 Å². The molecule has 0 radical (unpaired) electrons. The monoisotopic (exact) mass is 441 g/mol. The van der Waals surface area contributed by atoms with Gasteiger partial charge in [0.05, 0.1) is 19.4 Å². The first kappa shape index (κ1) is 21.8. The summed E-state index contributed by atoms with van der Waals surface area (Å²) in [6.07, 6.45) is 5.08. The van der Waals surface area contributed by atoms with E-state index >= 15 is 0 Å². The second kappa shape index (κ2) is 10.7. The van der Waals surface area contributed by atoms with Crippen LogP contribution in [0.5, 0.6) is 5.75 Å². The first-order valence-corrected chi connectivity index (χ1v) is 10.7. The van der Waals surface area contributed by atoms with Gasteiger partial charge in [0.1, 0.15) is 5.75 Å². The molecular weight excluding hydrogens is 414 g/mol. The fraction of sp³-hybridized carbons (Fsp3) is 0.476. The number of hydrazone groups is 1. The number of rotatable bonds is 8. The summed E-state index contributed by atoms with van der Waals surface area (Å²) in [6.45, 7) is 4.21. The third kappa shape index (κ3) is 6.03. The lowest BCUT2D eigenvalue weighted by Gasteiger charge is -2.30. The summed E-state index contributed by atoms with van der Waals surface area (Å²) in [5.74, 6) is 1.07. The fourth-order valence-corrected chi connectivity index (χ4v) is 3.54. The number of ether oxygens (including phenoxy) is 2. The lowest BCUT2D eigenvalue weighted by Crippen LogP contribution is -2.38. The molecule has 1 aromatic heterocycles. The van der Waals surface area contributed by atoms with E-state index in [1.807, 2.05) is 6.07 Å². The predicted octanol–water partition coefficient (Wildman–Crippen LogP) is 1.61. The maximum absolute atomic E-state index is 10.7. The number of nitrogens with one attached hydrogen (secondary N) is 1. The lowest BCUT2D eigenvalue weighted by atomic mass is 10.1. The van der Waals surface area contributed by atoms with Crippen molar-refractivity contribution in [3.8, 4) is 5.75 Å². The van der Waals surface area contributed by atoms with Gasteiger partial charge in [0.25, 0.3) is 0 Å². The van der Waals surface area contributed by atoms with Gasteiger partial charge in [-0.1, -0.05) is 12.1 Å². The van der Waals surface area contributed by atoms with Crippen molar-refractivity contribution in [2.75, 3.05) is 61.2 Å². The smallest absolute Gasteiger partial charge is 0.341 e. The molecule has 4 rings (SSSR count). The molecule has 11 heteroatoms. The molecule has 0 amide bonds. The van der Waals surface area contributed by atoms with Crippen molar-refractivity contribution in [3.63, 3.8) is 0 Å². The minimum Gasteiger partial charge on any atom is -0.482 e. The highest BCUT2D eigenvalue weighted by Gasteiger charge is 2.20. The molecule has 2 aliphatic rings. The zero-order chi connectivity index (χ0) is 22.2. The highest BCUT2D eigenvalue weighted by Crippen LogP contribution is 2.21. The van der Waals surface area contributed by atoms with Gasteiger partial charge in [0.2, 0.25) is 17.8 Å². The number of aliphatic carboxylic acids is 1. The van der Waals surface area contributed by atoms with Gasteiger partial charge in [-0.3, -0.25) is 0 Å². The number of piperidine rings is 1. The van der Waals surface area contributed by atoms with Crippen molar-refractivity contribution in [1.29, 1.82) is 0 Å². The zero-order valence-corrected chi connectivity index (χ0v) is 17.8. The Morgan fingerprint density at radius 3 is 2.53 bits per heavy atom. The molecule has 3 heterocycles. The number of hydrogen-bond donors (Lipinski definition) is 2. The first-order chi connectivity index (χ1) is 15.7. The van der Waals surface area contributed by atoms with Crippen LogP contribution < -0.4 is 20.0 Å². The highest BCUT2D eigenvalue weighted by atomic mass is 16.5. The van der Waals surface area contributed by atoms with Crippen LogP contribution >= 0.6 is 0 Å². The van der Waals surface area contributed by atoms with E-state index in [1.165, 1.54) is 6.42 Å². The summed E-state index contributed by atoms with van der Waals surface area (Å²) in [5.41, 5.74) is 3.66. The van der Waals surface area contributed by atoms with Crippen molar-refractivity contribution < 1.29 is 19.4 Å². The van der Waals surface area contributed by atoms with Crippen LogP contribution in [0.3, 0.4) is 0 Å². The number of carboxylic acids is 1. The molecular formula is C21H27N7O4. The van der Waals surface area contributed by atoms with Crippen molar-refractivity contribution >= 4 is 30.0 Å². The third-order valence-electron chi connectivity index (χ3n) is 5.14. The number of anilines is 3. The molecule has 0 bridgehead atoms. The second-order valence-corrected chi connectivity index (χ2v) is 7.53. The SMILES string of the molecule is O=C(O)COc1cccc(/C=N\Nc2nc(N3CCCCC3)nc(N3CCOCC3)n2)c1. The van der Waals surface area contributed by atoms with E-state index in [2.05, 4.69) is 30.3 Å². The summed E-state index contributed by atoms with van der Waals surface area (Å²) in [6, 6.07) is 7.01. The Bertz CT molecular complexity index is 907. The predicted molar refractivity (Wildman–Crippen MR) is 120 cm³/mol. The molecule has 0 unspecified atom stereocenters. The molecule has 0 spiro atoms. The molecule has 2 fully saturated rings. The number of hydrogen-bond acceptors (Lipinski definition) is 10. The number of carboxylic acid groups (broad SMARTS) is 1. The Morgan fingerprint density at radius 2 is 1.81 bits per heavy atom. The van der Waals surface area contributed by atoms with Gasteiger partial charge in [-0.25, -0.2) is 10.2 Å². The number of morpholine rings is 1. The van der Waals surface area contributed by atoms with Crippen LogP contribution in [0.25, 0.3) is 0 Å². The Morgan fingerprint density at radius 1 is 1.09 bits per heavy atom. The highest BCUT2D eigenvalue weighted by molar-refractivity contribution is 5.80. The van der Waals surface area contributed by atoms with E-state index < -0.39 is 12.6 Å². The second-order valence-electron chi connectivity index (χ2n) is 7.53. The van der Waals surface area contributed by atoms with Crippen LogP contribution in [-0.2, 0) is 9.53 Å². The van der Waals surface area contributed by atoms with Crippen molar-refractivity contribution in [2.24, 2.45) is 5.10 Å². The Labute approximate surface area is 186 Å².